The smallest absolute Gasteiger partial charge is 0.126 e. The highest BCUT2D eigenvalue weighted by Crippen LogP contribution is 2.40. The Bertz CT molecular complexity index is 1640. The van der Waals surface area contributed by atoms with Gasteiger partial charge in [-0.25, -0.2) is 8.78 Å². The summed E-state index contributed by atoms with van der Waals surface area (Å²) in [5.41, 5.74) is 8.40. The van der Waals surface area contributed by atoms with Gasteiger partial charge in [0.1, 0.15) is 11.6 Å². The Hall–Kier alpha value is -4.03. The molecule has 1 N–H and O–H groups in total. The van der Waals surface area contributed by atoms with Gasteiger partial charge in [-0.05, 0) is 66.4 Å². The van der Waals surface area contributed by atoms with Gasteiger partial charge in [0.25, 0.3) is 0 Å². The Morgan fingerprint density at radius 1 is 0.769 bits per heavy atom. The molecule has 6 rings (SSSR count). The summed E-state index contributed by atoms with van der Waals surface area (Å²) < 4.78 is 31.5. The number of piperazine rings is 1. The number of hydrogen-bond donors (Lipinski definition) is 1. The van der Waals surface area contributed by atoms with E-state index in [2.05, 4.69) is 33.0 Å². The first kappa shape index (κ1) is 25.3. The van der Waals surface area contributed by atoms with Gasteiger partial charge in [-0.2, -0.15) is 0 Å². The van der Waals surface area contributed by atoms with E-state index in [9.17, 15) is 8.78 Å². The van der Waals surface area contributed by atoms with Crippen LogP contribution in [0.5, 0.6) is 0 Å². The fourth-order valence-electron chi connectivity index (χ4n) is 5.78. The third-order valence-corrected chi connectivity index (χ3v) is 7.95. The van der Waals surface area contributed by atoms with Crippen LogP contribution in [0.15, 0.2) is 79.0 Å². The van der Waals surface area contributed by atoms with Crippen LogP contribution in [0.2, 0.25) is 0 Å². The van der Waals surface area contributed by atoms with Crippen LogP contribution in [0.25, 0.3) is 16.6 Å². The topological polar surface area (TPSA) is 33.1 Å². The van der Waals surface area contributed by atoms with Crippen molar-refractivity contribution in [1.29, 1.82) is 0 Å². The molecule has 0 spiro atoms. The molecule has 0 aliphatic carbocycles. The van der Waals surface area contributed by atoms with E-state index in [1.54, 1.807) is 12.1 Å². The molecule has 1 saturated heterocycles. The highest BCUT2D eigenvalue weighted by atomic mass is 19.1. The number of halogens is 2. The zero-order valence-corrected chi connectivity index (χ0v) is 22.3. The first-order valence-electron chi connectivity index (χ1n) is 13.5. The second kappa shape index (κ2) is 10.6. The summed E-state index contributed by atoms with van der Waals surface area (Å²) in [5.74, 6) is -0.399. The number of para-hydroxylation sites is 1. The third-order valence-electron chi connectivity index (χ3n) is 7.95. The summed E-state index contributed by atoms with van der Waals surface area (Å²) >= 11 is 0. The Labute approximate surface area is 227 Å². The summed E-state index contributed by atoms with van der Waals surface area (Å²) in [6, 6.07) is 23.0. The van der Waals surface area contributed by atoms with Gasteiger partial charge in [0.2, 0.25) is 0 Å². The molecular formula is C33H32F2N4. The second-order valence-corrected chi connectivity index (χ2v) is 10.3. The minimum Gasteiger partial charge on any atom is -0.367 e. The highest BCUT2D eigenvalue weighted by Gasteiger charge is 2.27. The van der Waals surface area contributed by atoms with Gasteiger partial charge in [0.05, 0.1) is 22.6 Å². The molecule has 0 amide bonds. The molecule has 1 aliphatic heterocycles. The van der Waals surface area contributed by atoms with Crippen molar-refractivity contribution < 1.29 is 8.78 Å². The molecule has 2 aromatic heterocycles. The lowest BCUT2D eigenvalue weighted by molar-refractivity contribution is 0.588. The third kappa shape index (κ3) is 4.70. The van der Waals surface area contributed by atoms with Gasteiger partial charge in [-0.1, -0.05) is 42.5 Å². The number of pyridine rings is 1. The van der Waals surface area contributed by atoms with Crippen molar-refractivity contribution in [2.75, 3.05) is 31.1 Å². The van der Waals surface area contributed by atoms with E-state index >= 15 is 0 Å². The number of nitrogens with zero attached hydrogens (tertiary/aromatic N) is 3. The predicted octanol–water partition coefficient (Wildman–Crippen LogP) is 6.51. The molecule has 1 fully saturated rings. The highest BCUT2D eigenvalue weighted by molar-refractivity contribution is 5.98. The van der Waals surface area contributed by atoms with Crippen LogP contribution >= 0.6 is 0 Å². The molecule has 0 radical (unpaired) electrons. The lowest BCUT2D eigenvalue weighted by Crippen LogP contribution is -2.43. The van der Waals surface area contributed by atoms with Crippen LogP contribution in [-0.4, -0.2) is 35.7 Å². The molecule has 3 heterocycles. The molecule has 39 heavy (non-hydrogen) atoms. The maximum Gasteiger partial charge on any atom is 0.126 e. The van der Waals surface area contributed by atoms with Crippen molar-refractivity contribution >= 4 is 16.6 Å². The SMILES string of the molecule is Cc1c(F)cccc1Cc1nccc2c(N3CCNCC3)c(Cc3cccc(F)c3C)n(-c3ccccc3)c12. The Morgan fingerprint density at radius 2 is 1.41 bits per heavy atom. The molecule has 6 heteroatoms. The largest absolute Gasteiger partial charge is 0.367 e. The molecule has 4 nitrogen and oxygen atoms in total. The second-order valence-electron chi connectivity index (χ2n) is 10.3. The molecule has 0 saturated carbocycles. The summed E-state index contributed by atoms with van der Waals surface area (Å²) in [7, 11) is 0. The average molecular weight is 523 g/mol. The molecule has 198 valence electrons. The van der Waals surface area contributed by atoms with Gasteiger partial charge < -0.3 is 14.8 Å². The number of hydrogen-bond acceptors (Lipinski definition) is 3. The van der Waals surface area contributed by atoms with Crippen molar-refractivity contribution in [2.45, 2.75) is 26.7 Å². The molecule has 3 aromatic carbocycles. The van der Waals surface area contributed by atoms with E-state index in [0.717, 1.165) is 65.3 Å². The van der Waals surface area contributed by atoms with E-state index in [4.69, 9.17) is 4.98 Å². The first-order chi connectivity index (χ1) is 19.0. The minimum absolute atomic E-state index is 0.192. The number of rotatable bonds is 6. The van der Waals surface area contributed by atoms with Crippen molar-refractivity contribution in [3.63, 3.8) is 0 Å². The Kier molecular flexibility index (Phi) is 6.88. The predicted molar refractivity (Wildman–Crippen MR) is 154 cm³/mol. The van der Waals surface area contributed by atoms with E-state index in [0.29, 0.717) is 24.0 Å². The van der Waals surface area contributed by atoms with E-state index in [1.807, 2.05) is 50.4 Å². The summed E-state index contributed by atoms with van der Waals surface area (Å²) in [6.07, 6.45) is 2.95. The van der Waals surface area contributed by atoms with Crippen molar-refractivity contribution in [1.82, 2.24) is 14.9 Å². The van der Waals surface area contributed by atoms with Gasteiger partial charge in [-0.3, -0.25) is 4.98 Å². The molecular weight excluding hydrogens is 490 g/mol. The van der Waals surface area contributed by atoms with Crippen LogP contribution in [-0.2, 0) is 12.8 Å². The minimum atomic E-state index is -0.207. The van der Waals surface area contributed by atoms with E-state index < -0.39 is 0 Å². The van der Waals surface area contributed by atoms with Crippen LogP contribution in [0.1, 0.15) is 33.6 Å². The standard InChI is InChI=1S/C33H32F2N4/c1-22-24(8-6-12-28(22)34)20-30-32-27(14-15-37-30)33(38-18-16-36-17-19-38)31(39(32)26-10-4-3-5-11-26)21-25-9-7-13-29(35)23(25)2/h3-15,36H,16-21H2,1-2H3. The monoisotopic (exact) mass is 522 g/mol. The maximum absolute atomic E-state index is 14.7. The number of fused-ring (bicyclic) bond motifs is 1. The number of aromatic nitrogens is 2. The van der Waals surface area contributed by atoms with Crippen LogP contribution in [0, 0.1) is 25.5 Å². The lowest BCUT2D eigenvalue weighted by Gasteiger charge is -2.30. The zero-order valence-electron chi connectivity index (χ0n) is 22.3. The number of nitrogens with one attached hydrogen (secondary N) is 1. The van der Waals surface area contributed by atoms with Crippen LogP contribution in [0.4, 0.5) is 14.5 Å². The van der Waals surface area contributed by atoms with Gasteiger partial charge in [0, 0.05) is 56.3 Å². The summed E-state index contributed by atoms with van der Waals surface area (Å²) in [4.78, 5) is 7.31. The number of anilines is 1. The average Bonchev–Trinajstić information content (AvgIpc) is 3.29. The van der Waals surface area contributed by atoms with Crippen molar-refractivity contribution in [3.05, 3.63) is 124 Å². The molecule has 1 aliphatic rings. The lowest BCUT2D eigenvalue weighted by atomic mass is 10.0. The number of benzene rings is 3. The maximum atomic E-state index is 14.7. The summed E-state index contributed by atoms with van der Waals surface area (Å²) in [6.45, 7) is 7.23. The summed E-state index contributed by atoms with van der Waals surface area (Å²) in [5, 5.41) is 4.58. The normalized spacial score (nSPS) is 13.8. The molecule has 0 atom stereocenters. The van der Waals surface area contributed by atoms with Gasteiger partial charge in [0.15, 0.2) is 0 Å². The van der Waals surface area contributed by atoms with E-state index in [-0.39, 0.29) is 11.6 Å². The van der Waals surface area contributed by atoms with Crippen LogP contribution < -0.4 is 10.2 Å². The first-order valence-corrected chi connectivity index (χ1v) is 13.5. The van der Waals surface area contributed by atoms with E-state index in [1.165, 1.54) is 17.8 Å². The zero-order chi connectivity index (χ0) is 26.9. The molecule has 0 unspecified atom stereocenters. The van der Waals surface area contributed by atoms with Gasteiger partial charge >= 0.3 is 0 Å². The molecule has 0 bridgehead atoms. The Balaban J connectivity index is 1.65. The van der Waals surface area contributed by atoms with Crippen molar-refractivity contribution in [2.24, 2.45) is 0 Å². The van der Waals surface area contributed by atoms with Crippen LogP contribution in [0.3, 0.4) is 0 Å². The Morgan fingerprint density at radius 3 is 2.08 bits per heavy atom. The van der Waals surface area contributed by atoms with Gasteiger partial charge in [-0.15, -0.1) is 0 Å². The fraction of sp³-hybridized carbons (Fsp3) is 0.242. The molecule has 5 aromatic rings. The quantitative estimate of drug-likeness (QED) is 0.276. The van der Waals surface area contributed by atoms with Crippen molar-refractivity contribution in [3.8, 4) is 5.69 Å². The fourth-order valence-corrected chi connectivity index (χ4v) is 5.78.